The average molecular weight is 436 g/mol. The van der Waals surface area contributed by atoms with Gasteiger partial charge in [0.1, 0.15) is 22.2 Å². The lowest BCUT2D eigenvalue weighted by atomic mass is 10.0. The molecule has 0 unspecified atom stereocenters. The number of hydrogen-bond donors (Lipinski definition) is 0. The Bertz CT molecular complexity index is 1230. The molecule has 1 aromatic carbocycles. The Morgan fingerprint density at radius 3 is 2.65 bits per heavy atom. The second-order valence-corrected chi connectivity index (χ2v) is 8.93. The first-order chi connectivity index (χ1) is 15.1. The van der Waals surface area contributed by atoms with Crippen molar-refractivity contribution in [3.8, 4) is 17.1 Å². The normalized spacial score (nSPS) is 15.5. The van der Waals surface area contributed by atoms with Gasteiger partial charge in [-0.05, 0) is 62.8 Å². The number of benzene rings is 1. The van der Waals surface area contributed by atoms with Crippen molar-refractivity contribution in [1.82, 2.24) is 14.5 Å². The van der Waals surface area contributed by atoms with Crippen LogP contribution in [-0.2, 0) is 6.42 Å². The van der Waals surface area contributed by atoms with Crippen molar-refractivity contribution in [1.29, 1.82) is 0 Å². The minimum atomic E-state index is 0.0377. The van der Waals surface area contributed by atoms with Crippen molar-refractivity contribution in [2.45, 2.75) is 25.3 Å². The number of ether oxygens (including phenoxy) is 1. The fourth-order valence-electron chi connectivity index (χ4n) is 4.34. The van der Waals surface area contributed by atoms with Crippen molar-refractivity contribution >= 4 is 21.6 Å². The van der Waals surface area contributed by atoms with E-state index in [0.717, 1.165) is 53.5 Å². The van der Waals surface area contributed by atoms with Crippen molar-refractivity contribution in [2.24, 2.45) is 0 Å². The SMILES string of the molecule is COc1ccc(Cc2nc3scc(-c4ccco4)c3c(=O)n2C2CCN(C)CC2)cc1. The third-order valence-corrected chi connectivity index (χ3v) is 6.95. The van der Waals surface area contributed by atoms with E-state index in [1.807, 2.05) is 46.3 Å². The zero-order valence-electron chi connectivity index (χ0n) is 17.7. The summed E-state index contributed by atoms with van der Waals surface area (Å²) >= 11 is 1.50. The molecule has 160 valence electrons. The minimum Gasteiger partial charge on any atom is -0.497 e. The zero-order chi connectivity index (χ0) is 21.4. The van der Waals surface area contributed by atoms with Gasteiger partial charge >= 0.3 is 0 Å². The number of methoxy groups -OCH3 is 1. The monoisotopic (exact) mass is 435 g/mol. The Balaban J connectivity index is 1.64. The molecule has 6 nitrogen and oxygen atoms in total. The van der Waals surface area contributed by atoms with Crippen LogP contribution < -0.4 is 10.3 Å². The number of hydrogen-bond acceptors (Lipinski definition) is 6. The lowest BCUT2D eigenvalue weighted by molar-refractivity contribution is 0.216. The van der Waals surface area contributed by atoms with E-state index in [-0.39, 0.29) is 11.6 Å². The molecule has 1 aliphatic heterocycles. The molecular formula is C24H25N3O3S. The van der Waals surface area contributed by atoms with Crippen molar-refractivity contribution < 1.29 is 9.15 Å². The Morgan fingerprint density at radius 1 is 1.19 bits per heavy atom. The molecule has 5 rings (SSSR count). The van der Waals surface area contributed by atoms with Gasteiger partial charge in [0.15, 0.2) is 0 Å². The smallest absolute Gasteiger partial charge is 0.263 e. The maximum atomic E-state index is 13.9. The van der Waals surface area contributed by atoms with E-state index in [0.29, 0.717) is 17.6 Å². The van der Waals surface area contributed by atoms with Crippen LogP contribution in [-0.4, -0.2) is 41.7 Å². The molecule has 3 aromatic heterocycles. The predicted molar refractivity (Wildman–Crippen MR) is 123 cm³/mol. The summed E-state index contributed by atoms with van der Waals surface area (Å²) in [6.07, 6.45) is 4.13. The van der Waals surface area contributed by atoms with Gasteiger partial charge in [-0.15, -0.1) is 11.3 Å². The summed E-state index contributed by atoms with van der Waals surface area (Å²) in [5.41, 5.74) is 1.98. The highest BCUT2D eigenvalue weighted by Crippen LogP contribution is 2.33. The number of piperidine rings is 1. The van der Waals surface area contributed by atoms with Gasteiger partial charge in [-0.25, -0.2) is 4.98 Å². The number of nitrogens with zero attached hydrogens (tertiary/aromatic N) is 3. The second-order valence-electron chi connectivity index (χ2n) is 8.07. The van der Waals surface area contributed by atoms with Gasteiger partial charge in [0.05, 0.1) is 18.8 Å². The van der Waals surface area contributed by atoms with Crippen LogP contribution in [0.15, 0.2) is 57.3 Å². The summed E-state index contributed by atoms with van der Waals surface area (Å²) in [5.74, 6) is 2.36. The standard InChI is InChI=1S/C24H25N3O3S/c1-26-11-9-17(10-12-26)27-21(14-16-5-7-18(29-2)8-6-16)25-23-22(24(27)28)19(15-31-23)20-4-3-13-30-20/h3-8,13,15,17H,9-12,14H2,1-2H3. The molecular weight excluding hydrogens is 410 g/mol. The number of furan rings is 1. The van der Waals surface area contributed by atoms with Gasteiger partial charge in [0.2, 0.25) is 0 Å². The van der Waals surface area contributed by atoms with Crippen LogP contribution in [0.4, 0.5) is 0 Å². The molecule has 31 heavy (non-hydrogen) atoms. The summed E-state index contributed by atoms with van der Waals surface area (Å²) in [6.45, 7) is 1.96. The molecule has 0 atom stereocenters. The molecule has 4 heterocycles. The van der Waals surface area contributed by atoms with Gasteiger partial charge in [-0.3, -0.25) is 9.36 Å². The Morgan fingerprint density at radius 2 is 1.97 bits per heavy atom. The number of aromatic nitrogens is 2. The molecule has 0 amide bonds. The van der Waals surface area contributed by atoms with Crippen LogP contribution in [0.1, 0.15) is 30.3 Å². The van der Waals surface area contributed by atoms with E-state index in [4.69, 9.17) is 14.1 Å². The van der Waals surface area contributed by atoms with Crippen molar-refractivity contribution in [2.75, 3.05) is 27.2 Å². The molecule has 0 bridgehead atoms. The first-order valence-corrected chi connectivity index (χ1v) is 11.4. The molecule has 0 N–H and O–H groups in total. The van der Waals surface area contributed by atoms with Crippen LogP contribution in [0.5, 0.6) is 5.75 Å². The summed E-state index contributed by atoms with van der Waals surface area (Å²) in [7, 11) is 3.79. The molecule has 0 aliphatic carbocycles. The maximum Gasteiger partial charge on any atom is 0.263 e. The minimum absolute atomic E-state index is 0.0377. The lowest BCUT2D eigenvalue weighted by Gasteiger charge is -2.31. The molecule has 7 heteroatoms. The fraction of sp³-hybridized carbons (Fsp3) is 0.333. The van der Waals surface area contributed by atoms with Crippen LogP contribution in [0, 0.1) is 0 Å². The highest BCUT2D eigenvalue weighted by molar-refractivity contribution is 7.17. The van der Waals surface area contributed by atoms with E-state index in [2.05, 4.69) is 11.9 Å². The number of likely N-dealkylation sites (tertiary alicyclic amines) is 1. The first-order valence-electron chi connectivity index (χ1n) is 10.5. The second kappa shape index (κ2) is 8.32. The highest BCUT2D eigenvalue weighted by atomic mass is 32.1. The highest BCUT2D eigenvalue weighted by Gasteiger charge is 2.25. The third-order valence-electron chi connectivity index (χ3n) is 6.07. The first kappa shape index (κ1) is 20.0. The number of thiophene rings is 1. The average Bonchev–Trinajstić information content (AvgIpc) is 3.45. The van der Waals surface area contributed by atoms with E-state index in [1.165, 1.54) is 11.3 Å². The van der Waals surface area contributed by atoms with Crippen LogP contribution >= 0.6 is 11.3 Å². The van der Waals surface area contributed by atoms with Crippen LogP contribution in [0.25, 0.3) is 21.5 Å². The third kappa shape index (κ3) is 3.79. The van der Waals surface area contributed by atoms with Crippen LogP contribution in [0.3, 0.4) is 0 Å². The Kier molecular flexibility index (Phi) is 5.38. The lowest BCUT2D eigenvalue weighted by Crippen LogP contribution is -2.37. The summed E-state index contributed by atoms with van der Waals surface area (Å²) < 4.78 is 12.8. The number of fused-ring (bicyclic) bond motifs is 1. The molecule has 0 spiro atoms. The molecule has 1 saturated heterocycles. The number of rotatable bonds is 5. The maximum absolute atomic E-state index is 13.9. The van der Waals surface area contributed by atoms with Gasteiger partial charge in [0, 0.05) is 23.4 Å². The molecule has 0 radical (unpaired) electrons. The molecule has 0 saturated carbocycles. The molecule has 1 aliphatic rings. The van der Waals surface area contributed by atoms with Crippen molar-refractivity contribution in [3.05, 3.63) is 69.8 Å². The van der Waals surface area contributed by atoms with Gasteiger partial charge in [-0.1, -0.05) is 12.1 Å². The van der Waals surface area contributed by atoms with Gasteiger partial charge < -0.3 is 14.1 Å². The molecule has 4 aromatic rings. The van der Waals surface area contributed by atoms with E-state index >= 15 is 0 Å². The fourth-order valence-corrected chi connectivity index (χ4v) is 5.28. The largest absolute Gasteiger partial charge is 0.497 e. The summed E-state index contributed by atoms with van der Waals surface area (Å²) in [4.78, 5) is 21.9. The quantitative estimate of drug-likeness (QED) is 0.459. The van der Waals surface area contributed by atoms with E-state index in [1.54, 1.807) is 13.4 Å². The topological polar surface area (TPSA) is 60.5 Å². The van der Waals surface area contributed by atoms with Crippen LogP contribution in [0.2, 0.25) is 0 Å². The van der Waals surface area contributed by atoms with E-state index in [9.17, 15) is 4.79 Å². The Hall–Kier alpha value is -2.90. The molecule has 1 fully saturated rings. The summed E-state index contributed by atoms with van der Waals surface area (Å²) in [5, 5.41) is 2.64. The Labute approximate surface area is 184 Å². The van der Waals surface area contributed by atoms with Gasteiger partial charge in [-0.2, -0.15) is 0 Å². The van der Waals surface area contributed by atoms with Crippen molar-refractivity contribution in [3.63, 3.8) is 0 Å². The summed E-state index contributed by atoms with van der Waals surface area (Å²) in [6, 6.07) is 11.9. The zero-order valence-corrected chi connectivity index (χ0v) is 18.5. The predicted octanol–water partition coefficient (Wildman–Crippen LogP) is 4.58. The van der Waals surface area contributed by atoms with E-state index < -0.39 is 0 Å². The van der Waals surface area contributed by atoms with Gasteiger partial charge in [0.25, 0.3) is 5.56 Å².